The third-order valence-electron chi connectivity index (χ3n) is 4.71. The Morgan fingerprint density at radius 1 is 1.20 bits per heavy atom. The number of nitro groups is 1. The maximum absolute atomic E-state index is 12.5. The van der Waals surface area contributed by atoms with Crippen molar-refractivity contribution in [1.82, 2.24) is 10.2 Å². The van der Waals surface area contributed by atoms with Crippen molar-refractivity contribution in [3.63, 3.8) is 0 Å². The molecular formula is C20H21BrN4O4S. The van der Waals surface area contributed by atoms with Crippen LogP contribution in [0.2, 0.25) is 0 Å². The van der Waals surface area contributed by atoms with Gasteiger partial charge in [-0.05, 0) is 65.4 Å². The summed E-state index contributed by atoms with van der Waals surface area (Å²) >= 11 is 8.82. The highest BCUT2D eigenvalue weighted by Gasteiger charge is 2.21. The summed E-state index contributed by atoms with van der Waals surface area (Å²) in [4.78, 5) is 27.0. The van der Waals surface area contributed by atoms with Gasteiger partial charge in [-0.3, -0.25) is 20.2 Å². The van der Waals surface area contributed by atoms with Crippen LogP contribution in [0.3, 0.4) is 0 Å². The van der Waals surface area contributed by atoms with E-state index in [0.29, 0.717) is 53.7 Å². The topological polar surface area (TPSA) is 88.0 Å². The monoisotopic (exact) mass is 492 g/mol. The van der Waals surface area contributed by atoms with Crippen LogP contribution < -0.4 is 15.0 Å². The fraction of sp³-hybridized carbons (Fsp3) is 0.300. The second kappa shape index (κ2) is 9.86. The van der Waals surface area contributed by atoms with E-state index < -0.39 is 4.92 Å². The first-order chi connectivity index (χ1) is 14.4. The Morgan fingerprint density at radius 3 is 2.43 bits per heavy atom. The van der Waals surface area contributed by atoms with Crippen LogP contribution in [0.5, 0.6) is 5.75 Å². The van der Waals surface area contributed by atoms with E-state index in [9.17, 15) is 14.9 Å². The molecule has 1 aliphatic rings. The van der Waals surface area contributed by atoms with Crippen LogP contribution in [0, 0.1) is 10.1 Å². The first kappa shape index (κ1) is 22.0. The molecule has 1 amide bonds. The van der Waals surface area contributed by atoms with Gasteiger partial charge < -0.3 is 14.5 Å². The minimum Gasteiger partial charge on any atom is -0.493 e. The first-order valence-corrected chi connectivity index (χ1v) is 10.6. The lowest BCUT2D eigenvalue weighted by atomic mass is 10.2. The molecule has 1 saturated heterocycles. The number of non-ortho nitro benzene ring substituents is 1. The van der Waals surface area contributed by atoms with Gasteiger partial charge in [0.25, 0.3) is 11.6 Å². The number of hydrogen-bond acceptors (Lipinski definition) is 6. The summed E-state index contributed by atoms with van der Waals surface area (Å²) in [6, 6.07) is 11.6. The van der Waals surface area contributed by atoms with Gasteiger partial charge in [0.1, 0.15) is 5.75 Å². The molecule has 1 fully saturated rings. The summed E-state index contributed by atoms with van der Waals surface area (Å²) in [6.07, 6.45) is 0. The number of nitrogens with zero attached hydrogens (tertiary/aromatic N) is 3. The van der Waals surface area contributed by atoms with Gasteiger partial charge in [0.15, 0.2) is 5.11 Å². The Bertz CT molecular complexity index is 946. The number of nitro benzene ring substituents is 1. The average molecular weight is 493 g/mol. The molecule has 1 heterocycles. The molecule has 30 heavy (non-hydrogen) atoms. The van der Waals surface area contributed by atoms with Crippen molar-refractivity contribution in [2.75, 3.05) is 37.7 Å². The van der Waals surface area contributed by atoms with Crippen molar-refractivity contribution in [2.24, 2.45) is 0 Å². The van der Waals surface area contributed by atoms with Crippen LogP contribution in [0.1, 0.15) is 17.3 Å². The normalized spacial score (nSPS) is 13.7. The maximum Gasteiger partial charge on any atom is 0.269 e. The third-order valence-corrected chi connectivity index (χ3v) is 5.69. The number of piperazine rings is 1. The van der Waals surface area contributed by atoms with Crippen LogP contribution in [0.15, 0.2) is 46.9 Å². The van der Waals surface area contributed by atoms with Crippen molar-refractivity contribution in [3.05, 3.63) is 62.6 Å². The SMILES string of the molecule is CCOc1ccc(C(=O)NC(=S)N2CCN(c3ccc([N+](=O)[O-])cc3)CC2)cc1Br. The van der Waals surface area contributed by atoms with E-state index >= 15 is 0 Å². The van der Waals surface area contributed by atoms with Crippen LogP contribution in [-0.2, 0) is 0 Å². The summed E-state index contributed by atoms with van der Waals surface area (Å²) in [5.41, 5.74) is 1.48. The number of hydrogen-bond donors (Lipinski definition) is 1. The molecule has 0 unspecified atom stereocenters. The second-order valence-corrected chi connectivity index (χ2v) is 7.83. The minimum atomic E-state index is -0.411. The lowest BCUT2D eigenvalue weighted by Gasteiger charge is -2.37. The van der Waals surface area contributed by atoms with Gasteiger partial charge >= 0.3 is 0 Å². The standard InChI is InChI=1S/C20H21BrN4O4S/c1-2-29-18-8-3-14(13-17(18)21)19(26)22-20(30)24-11-9-23(10-12-24)15-4-6-16(7-5-15)25(27)28/h3-8,13H,2,9-12H2,1H3,(H,22,26,30). The molecule has 1 N–H and O–H groups in total. The Morgan fingerprint density at radius 2 is 1.87 bits per heavy atom. The number of carbonyl (C=O) groups excluding carboxylic acids is 1. The summed E-state index contributed by atoms with van der Waals surface area (Å²) in [6.45, 7) is 5.12. The minimum absolute atomic E-state index is 0.0715. The molecule has 158 valence electrons. The highest BCUT2D eigenvalue weighted by molar-refractivity contribution is 9.10. The number of benzene rings is 2. The third kappa shape index (κ3) is 5.25. The van der Waals surface area contributed by atoms with Gasteiger partial charge in [0, 0.05) is 49.6 Å². The Kier molecular flexibility index (Phi) is 7.22. The number of ether oxygens (including phenoxy) is 1. The van der Waals surface area contributed by atoms with Gasteiger partial charge in [-0.25, -0.2) is 0 Å². The molecule has 1 aliphatic heterocycles. The first-order valence-electron chi connectivity index (χ1n) is 9.41. The predicted octanol–water partition coefficient (Wildman–Crippen LogP) is 3.59. The van der Waals surface area contributed by atoms with E-state index in [2.05, 4.69) is 26.1 Å². The number of rotatable bonds is 5. The van der Waals surface area contributed by atoms with E-state index in [1.807, 2.05) is 11.8 Å². The van der Waals surface area contributed by atoms with Crippen molar-refractivity contribution < 1.29 is 14.5 Å². The Balaban J connectivity index is 1.54. The molecule has 0 saturated carbocycles. The zero-order chi connectivity index (χ0) is 21.7. The molecule has 0 bridgehead atoms. The maximum atomic E-state index is 12.5. The van der Waals surface area contributed by atoms with Crippen molar-refractivity contribution in [1.29, 1.82) is 0 Å². The molecule has 0 spiro atoms. The zero-order valence-electron chi connectivity index (χ0n) is 16.3. The van der Waals surface area contributed by atoms with Gasteiger partial charge in [0.05, 0.1) is 16.0 Å². The highest BCUT2D eigenvalue weighted by atomic mass is 79.9. The van der Waals surface area contributed by atoms with Crippen molar-refractivity contribution in [3.8, 4) is 5.75 Å². The molecule has 2 aromatic rings. The number of carbonyl (C=O) groups is 1. The van der Waals surface area contributed by atoms with E-state index in [4.69, 9.17) is 17.0 Å². The fourth-order valence-electron chi connectivity index (χ4n) is 3.12. The van der Waals surface area contributed by atoms with Crippen molar-refractivity contribution in [2.45, 2.75) is 6.92 Å². The molecule has 0 radical (unpaired) electrons. The summed E-state index contributed by atoms with van der Waals surface area (Å²) < 4.78 is 6.17. The molecule has 2 aromatic carbocycles. The number of nitrogens with one attached hydrogen (secondary N) is 1. The number of amides is 1. The fourth-order valence-corrected chi connectivity index (χ4v) is 3.88. The Hall–Kier alpha value is -2.72. The quantitative estimate of drug-likeness (QED) is 0.387. The summed E-state index contributed by atoms with van der Waals surface area (Å²) in [5, 5.41) is 14.0. The molecular weight excluding hydrogens is 472 g/mol. The van der Waals surface area contributed by atoms with Crippen LogP contribution in [-0.4, -0.2) is 53.6 Å². The van der Waals surface area contributed by atoms with Crippen LogP contribution in [0.25, 0.3) is 0 Å². The molecule has 0 atom stereocenters. The second-order valence-electron chi connectivity index (χ2n) is 6.59. The van der Waals surface area contributed by atoms with Gasteiger partial charge in [0.2, 0.25) is 0 Å². The van der Waals surface area contributed by atoms with E-state index in [-0.39, 0.29) is 11.6 Å². The Labute approximate surface area is 188 Å². The average Bonchev–Trinajstić information content (AvgIpc) is 2.75. The summed E-state index contributed by atoms with van der Waals surface area (Å²) in [7, 11) is 0. The van der Waals surface area contributed by atoms with Gasteiger partial charge in [-0.1, -0.05) is 0 Å². The van der Waals surface area contributed by atoms with E-state index in [0.717, 1.165) is 5.69 Å². The molecule has 3 rings (SSSR count). The molecule has 0 aliphatic carbocycles. The number of thiocarbonyl (C=S) groups is 1. The molecule has 8 nitrogen and oxygen atoms in total. The smallest absolute Gasteiger partial charge is 0.269 e. The predicted molar refractivity (Wildman–Crippen MR) is 122 cm³/mol. The van der Waals surface area contributed by atoms with Gasteiger partial charge in [-0.2, -0.15) is 0 Å². The number of halogens is 1. The lowest BCUT2D eigenvalue weighted by molar-refractivity contribution is -0.384. The van der Waals surface area contributed by atoms with Gasteiger partial charge in [-0.15, -0.1) is 0 Å². The number of anilines is 1. The summed E-state index contributed by atoms with van der Waals surface area (Å²) in [5.74, 6) is 0.403. The van der Waals surface area contributed by atoms with Crippen LogP contribution >= 0.6 is 28.1 Å². The zero-order valence-corrected chi connectivity index (χ0v) is 18.7. The largest absolute Gasteiger partial charge is 0.493 e. The highest BCUT2D eigenvalue weighted by Crippen LogP contribution is 2.26. The molecule has 0 aromatic heterocycles. The van der Waals surface area contributed by atoms with E-state index in [1.54, 1.807) is 30.3 Å². The molecule has 10 heteroatoms. The van der Waals surface area contributed by atoms with Crippen LogP contribution in [0.4, 0.5) is 11.4 Å². The van der Waals surface area contributed by atoms with Crippen molar-refractivity contribution >= 4 is 50.5 Å². The lowest BCUT2D eigenvalue weighted by Crippen LogP contribution is -2.52. The van der Waals surface area contributed by atoms with E-state index in [1.165, 1.54) is 12.1 Å².